The zero-order valence-corrected chi connectivity index (χ0v) is 15.5. The summed E-state index contributed by atoms with van der Waals surface area (Å²) in [6, 6.07) is 5.28. The van der Waals surface area contributed by atoms with Gasteiger partial charge in [0.25, 0.3) is 0 Å². The standard InChI is InChI=1S/C20H21NO6/c1-4-26-18(24)20(19(25)27-5-2)9-8-16(23)21-15-7-6-12(3)10-13(15)14(11-22)17(20)21/h6-7,10-11H,4-5,8-9H2,1-3H3. The predicted octanol–water partition coefficient (Wildman–Crippen LogP) is 2.56. The van der Waals surface area contributed by atoms with E-state index in [0.717, 1.165) is 5.56 Å². The molecule has 3 rings (SSSR count). The molecule has 27 heavy (non-hydrogen) atoms. The van der Waals surface area contributed by atoms with Crippen molar-refractivity contribution in [2.75, 3.05) is 13.2 Å². The van der Waals surface area contributed by atoms with Crippen LogP contribution in [0, 0.1) is 6.92 Å². The van der Waals surface area contributed by atoms with E-state index in [0.29, 0.717) is 17.2 Å². The van der Waals surface area contributed by atoms with Crippen molar-refractivity contribution in [2.45, 2.75) is 39.0 Å². The smallest absolute Gasteiger partial charge is 0.329 e. The summed E-state index contributed by atoms with van der Waals surface area (Å²) >= 11 is 0. The molecular formula is C20H21NO6. The van der Waals surface area contributed by atoms with Gasteiger partial charge in [0.1, 0.15) is 0 Å². The Morgan fingerprint density at radius 3 is 2.37 bits per heavy atom. The van der Waals surface area contributed by atoms with Gasteiger partial charge in [0, 0.05) is 17.4 Å². The highest BCUT2D eigenvalue weighted by molar-refractivity contribution is 6.14. The Hall–Kier alpha value is -2.96. The second-order valence-electron chi connectivity index (χ2n) is 6.48. The number of aldehydes is 1. The third-order valence-electron chi connectivity index (χ3n) is 4.90. The number of fused-ring (bicyclic) bond motifs is 3. The number of hydrogen-bond acceptors (Lipinski definition) is 6. The fraction of sp³-hybridized carbons (Fsp3) is 0.400. The van der Waals surface area contributed by atoms with Gasteiger partial charge in [0.05, 0.1) is 24.4 Å². The molecule has 7 heteroatoms. The van der Waals surface area contributed by atoms with Crippen LogP contribution in [0.25, 0.3) is 10.9 Å². The largest absolute Gasteiger partial charge is 0.465 e. The fourth-order valence-electron chi connectivity index (χ4n) is 3.74. The van der Waals surface area contributed by atoms with Crippen molar-refractivity contribution in [3.05, 3.63) is 35.0 Å². The highest BCUT2D eigenvalue weighted by atomic mass is 16.6. The SMILES string of the molecule is CCOC(=O)C1(C(=O)OCC)CCC(=O)n2c1c(C=O)c1cc(C)ccc12. The zero-order chi connectivity index (χ0) is 19.8. The second-order valence-corrected chi connectivity index (χ2v) is 6.48. The maximum absolute atomic E-state index is 13.0. The quantitative estimate of drug-likeness (QED) is 0.456. The van der Waals surface area contributed by atoms with Crippen molar-refractivity contribution in [2.24, 2.45) is 0 Å². The lowest BCUT2D eigenvalue weighted by Crippen LogP contribution is -2.51. The minimum absolute atomic E-state index is 0.0411. The number of esters is 2. The van der Waals surface area contributed by atoms with Crippen LogP contribution in [0.15, 0.2) is 18.2 Å². The molecule has 0 saturated heterocycles. The molecule has 142 valence electrons. The van der Waals surface area contributed by atoms with Crippen LogP contribution < -0.4 is 0 Å². The number of aromatic nitrogens is 1. The molecule has 1 aliphatic rings. The maximum atomic E-state index is 13.0. The lowest BCUT2D eigenvalue weighted by atomic mass is 9.76. The van der Waals surface area contributed by atoms with E-state index in [1.807, 2.05) is 13.0 Å². The first kappa shape index (κ1) is 18.8. The number of benzene rings is 1. The summed E-state index contributed by atoms with van der Waals surface area (Å²) in [5.41, 5.74) is -0.281. The summed E-state index contributed by atoms with van der Waals surface area (Å²) in [5, 5.41) is 0.522. The van der Waals surface area contributed by atoms with Crippen LogP contribution in [0.5, 0.6) is 0 Å². The normalized spacial score (nSPS) is 15.3. The number of nitrogens with zero attached hydrogens (tertiary/aromatic N) is 1. The third-order valence-corrected chi connectivity index (χ3v) is 4.90. The Kier molecular flexibility index (Phi) is 4.87. The molecule has 0 unspecified atom stereocenters. The van der Waals surface area contributed by atoms with E-state index < -0.39 is 17.4 Å². The molecule has 0 aliphatic carbocycles. The number of carbonyl (C=O) groups excluding carboxylic acids is 4. The van der Waals surface area contributed by atoms with Crippen molar-refractivity contribution in [1.29, 1.82) is 0 Å². The van der Waals surface area contributed by atoms with Crippen LogP contribution in [0.3, 0.4) is 0 Å². The molecule has 2 aromatic rings. The van der Waals surface area contributed by atoms with E-state index >= 15 is 0 Å². The first-order chi connectivity index (χ1) is 12.9. The van der Waals surface area contributed by atoms with Crippen molar-refractivity contribution >= 4 is 35.0 Å². The molecular weight excluding hydrogens is 350 g/mol. The predicted molar refractivity (Wildman–Crippen MR) is 96.9 cm³/mol. The van der Waals surface area contributed by atoms with Gasteiger partial charge in [-0.2, -0.15) is 0 Å². The Morgan fingerprint density at radius 1 is 1.19 bits per heavy atom. The number of carbonyl (C=O) groups is 4. The second kappa shape index (κ2) is 6.98. The average molecular weight is 371 g/mol. The first-order valence-electron chi connectivity index (χ1n) is 8.90. The first-order valence-corrected chi connectivity index (χ1v) is 8.90. The van der Waals surface area contributed by atoms with Crippen LogP contribution in [0.2, 0.25) is 0 Å². The fourth-order valence-corrected chi connectivity index (χ4v) is 3.74. The van der Waals surface area contributed by atoms with Gasteiger partial charge in [-0.05, 0) is 39.3 Å². The van der Waals surface area contributed by atoms with Crippen LogP contribution in [-0.4, -0.2) is 41.9 Å². The molecule has 0 atom stereocenters. The summed E-state index contributed by atoms with van der Waals surface area (Å²) < 4.78 is 11.7. The highest BCUT2D eigenvalue weighted by Crippen LogP contribution is 2.43. The van der Waals surface area contributed by atoms with Gasteiger partial charge in [0.2, 0.25) is 11.3 Å². The molecule has 0 saturated carbocycles. The van der Waals surface area contributed by atoms with Gasteiger partial charge < -0.3 is 9.47 Å². The molecule has 0 amide bonds. The van der Waals surface area contributed by atoms with E-state index in [1.54, 1.807) is 26.0 Å². The summed E-state index contributed by atoms with van der Waals surface area (Å²) in [4.78, 5) is 50.6. The van der Waals surface area contributed by atoms with E-state index in [4.69, 9.17) is 9.47 Å². The monoisotopic (exact) mass is 371 g/mol. The lowest BCUT2D eigenvalue weighted by molar-refractivity contribution is -0.165. The molecule has 1 aromatic heterocycles. The van der Waals surface area contributed by atoms with Crippen molar-refractivity contribution in [1.82, 2.24) is 4.57 Å². The Balaban J connectivity index is 2.44. The van der Waals surface area contributed by atoms with Gasteiger partial charge in [-0.25, -0.2) is 0 Å². The topological polar surface area (TPSA) is 91.7 Å². The molecule has 0 fully saturated rings. The van der Waals surface area contributed by atoms with Crippen LogP contribution in [0.4, 0.5) is 0 Å². The molecule has 1 aliphatic heterocycles. The van der Waals surface area contributed by atoms with Crippen LogP contribution in [-0.2, 0) is 24.5 Å². The minimum atomic E-state index is -1.84. The molecule has 0 spiro atoms. The average Bonchev–Trinajstić information content (AvgIpc) is 2.97. The van der Waals surface area contributed by atoms with Crippen molar-refractivity contribution in [3.63, 3.8) is 0 Å². The number of rotatable bonds is 5. The number of ether oxygens (including phenoxy) is 2. The third kappa shape index (κ3) is 2.65. The number of hydrogen-bond donors (Lipinski definition) is 0. The lowest BCUT2D eigenvalue weighted by Gasteiger charge is -2.33. The zero-order valence-electron chi connectivity index (χ0n) is 15.5. The van der Waals surface area contributed by atoms with E-state index in [-0.39, 0.29) is 43.2 Å². The van der Waals surface area contributed by atoms with E-state index in [2.05, 4.69) is 0 Å². The van der Waals surface area contributed by atoms with E-state index in [9.17, 15) is 19.2 Å². The Morgan fingerprint density at radius 2 is 1.81 bits per heavy atom. The number of aryl methyl sites for hydroxylation is 1. The molecule has 7 nitrogen and oxygen atoms in total. The summed E-state index contributed by atoms with van der Waals surface area (Å²) in [6.45, 7) is 5.23. The van der Waals surface area contributed by atoms with Crippen molar-refractivity contribution in [3.8, 4) is 0 Å². The molecule has 0 radical (unpaired) electrons. The molecule has 1 aromatic carbocycles. The van der Waals surface area contributed by atoms with Crippen molar-refractivity contribution < 1.29 is 28.7 Å². The van der Waals surface area contributed by atoms with Gasteiger partial charge in [0.15, 0.2) is 6.29 Å². The Labute approximate surface area is 156 Å². The minimum Gasteiger partial charge on any atom is -0.465 e. The van der Waals surface area contributed by atoms with Gasteiger partial charge in [-0.15, -0.1) is 0 Å². The molecule has 2 heterocycles. The highest BCUT2D eigenvalue weighted by Gasteiger charge is 2.57. The molecule has 0 N–H and O–H groups in total. The van der Waals surface area contributed by atoms with Gasteiger partial charge in [-0.1, -0.05) is 11.6 Å². The van der Waals surface area contributed by atoms with Gasteiger partial charge >= 0.3 is 11.9 Å². The van der Waals surface area contributed by atoms with Crippen LogP contribution in [0.1, 0.15) is 53.1 Å². The summed E-state index contributed by atoms with van der Waals surface area (Å²) in [6.07, 6.45) is 0.444. The summed E-state index contributed by atoms with van der Waals surface area (Å²) in [5.74, 6) is -1.89. The Bertz CT molecular complexity index is 937. The van der Waals surface area contributed by atoms with E-state index in [1.165, 1.54) is 4.57 Å². The van der Waals surface area contributed by atoms with Gasteiger partial charge in [-0.3, -0.25) is 23.7 Å². The van der Waals surface area contributed by atoms with Crippen LogP contribution >= 0.6 is 0 Å². The summed E-state index contributed by atoms with van der Waals surface area (Å²) in [7, 11) is 0. The maximum Gasteiger partial charge on any atom is 0.329 e. The molecule has 0 bridgehead atoms.